The zero-order valence-electron chi connectivity index (χ0n) is 10.7. The van der Waals surface area contributed by atoms with Gasteiger partial charge in [-0.05, 0) is 45.3 Å². The molecule has 1 heterocycles. The Balaban J connectivity index is 2.43. The van der Waals surface area contributed by atoms with E-state index in [1.165, 1.54) is 0 Å². The summed E-state index contributed by atoms with van der Waals surface area (Å²) >= 11 is 5.85. The van der Waals surface area contributed by atoms with Gasteiger partial charge in [0.25, 0.3) is 0 Å². The molecule has 1 aromatic carbocycles. The summed E-state index contributed by atoms with van der Waals surface area (Å²) in [5, 5.41) is 10.8. The van der Waals surface area contributed by atoms with Gasteiger partial charge in [0, 0.05) is 17.1 Å². The minimum Gasteiger partial charge on any atom is -0.427 e. The fraction of sp³-hybridized carbons (Fsp3) is 0.308. The maximum Gasteiger partial charge on any atom is 0.175 e. The molecule has 0 bridgehead atoms. The molecule has 2 rings (SSSR count). The molecule has 0 unspecified atom stereocenters. The lowest BCUT2D eigenvalue weighted by Crippen LogP contribution is -2.14. The summed E-state index contributed by atoms with van der Waals surface area (Å²) in [6, 6.07) is 7.26. The van der Waals surface area contributed by atoms with Crippen molar-refractivity contribution < 1.29 is 5.21 Å². The Bertz CT molecular complexity index is 546. The summed E-state index contributed by atoms with van der Waals surface area (Å²) in [5.41, 5.74) is 2.47. The van der Waals surface area contributed by atoms with E-state index in [1.54, 1.807) is 12.1 Å². The van der Waals surface area contributed by atoms with Crippen molar-refractivity contribution in [1.82, 2.24) is 14.6 Å². The van der Waals surface area contributed by atoms with Crippen molar-refractivity contribution in [2.45, 2.75) is 13.5 Å². The van der Waals surface area contributed by atoms with E-state index in [-0.39, 0.29) is 0 Å². The molecule has 0 amide bonds. The molecule has 0 aliphatic rings. The Hall–Kier alpha value is -1.52. The Kier molecular flexibility index (Phi) is 3.59. The zero-order chi connectivity index (χ0) is 13.3. The number of halogens is 1. The van der Waals surface area contributed by atoms with Gasteiger partial charge in [-0.25, -0.2) is 4.98 Å². The maximum atomic E-state index is 10.2. The van der Waals surface area contributed by atoms with Crippen molar-refractivity contribution in [1.29, 1.82) is 0 Å². The second kappa shape index (κ2) is 5.00. The molecule has 1 aromatic heterocycles. The largest absolute Gasteiger partial charge is 0.427 e. The summed E-state index contributed by atoms with van der Waals surface area (Å²) in [4.78, 5) is 6.39. The number of imidazole rings is 1. The molecular formula is C13H16ClN3O. The number of hydrogen-bond acceptors (Lipinski definition) is 3. The van der Waals surface area contributed by atoms with Gasteiger partial charge in [0.2, 0.25) is 0 Å². The topological polar surface area (TPSA) is 41.3 Å². The quantitative estimate of drug-likeness (QED) is 0.868. The molecule has 0 fully saturated rings. The van der Waals surface area contributed by atoms with Crippen LogP contribution in [0.2, 0.25) is 5.02 Å². The Morgan fingerprint density at radius 3 is 2.44 bits per heavy atom. The molecule has 1 N–H and O–H groups in total. The van der Waals surface area contributed by atoms with Gasteiger partial charge in [0.15, 0.2) is 5.82 Å². The summed E-state index contributed by atoms with van der Waals surface area (Å²) in [6.45, 7) is 2.54. The minimum absolute atomic E-state index is 0.543. The lowest BCUT2D eigenvalue weighted by molar-refractivity contribution is 0.172. The maximum absolute atomic E-state index is 10.2. The smallest absolute Gasteiger partial charge is 0.175 e. The molecular weight excluding hydrogens is 250 g/mol. The van der Waals surface area contributed by atoms with E-state index in [1.807, 2.05) is 38.1 Å². The second-order valence-corrected chi connectivity index (χ2v) is 4.96. The van der Waals surface area contributed by atoms with Gasteiger partial charge >= 0.3 is 0 Å². The average Bonchev–Trinajstić information content (AvgIpc) is 2.58. The number of rotatable bonds is 3. The molecule has 0 spiro atoms. The van der Waals surface area contributed by atoms with Crippen LogP contribution in [0.4, 0.5) is 0 Å². The highest BCUT2D eigenvalue weighted by atomic mass is 35.5. The van der Waals surface area contributed by atoms with Crippen molar-refractivity contribution in [3.8, 4) is 11.4 Å². The molecule has 0 saturated heterocycles. The van der Waals surface area contributed by atoms with Crippen LogP contribution in [-0.4, -0.2) is 33.9 Å². The van der Waals surface area contributed by atoms with E-state index in [0.717, 1.165) is 21.7 Å². The van der Waals surface area contributed by atoms with Crippen LogP contribution in [0.3, 0.4) is 0 Å². The van der Waals surface area contributed by atoms with Gasteiger partial charge in [-0.3, -0.25) is 0 Å². The molecule has 5 heteroatoms. The predicted molar refractivity (Wildman–Crippen MR) is 72.0 cm³/mol. The van der Waals surface area contributed by atoms with Gasteiger partial charge < -0.3 is 10.1 Å². The van der Waals surface area contributed by atoms with E-state index in [9.17, 15) is 5.21 Å². The third-order valence-corrected chi connectivity index (χ3v) is 2.97. The van der Waals surface area contributed by atoms with Crippen LogP contribution < -0.4 is 0 Å². The lowest BCUT2D eigenvalue weighted by atomic mass is 10.2. The van der Waals surface area contributed by atoms with Crippen molar-refractivity contribution in [3.63, 3.8) is 0 Å². The van der Waals surface area contributed by atoms with Crippen LogP contribution in [0.1, 0.15) is 11.4 Å². The fourth-order valence-corrected chi connectivity index (χ4v) is 1.94. The first-order valence-electron chi connectivity index (χ1n) is 5.67. The summed E-state index contributed by atoms with van der Waals surface area (Å²) in [6.07, 6.45) is 0. The zero-order valence-corrected chi connectivity index (χ0v) is 11.4. The lowest BCUT2D eigenvalue weighted by Gasteiger charge is -2.10. The standard InChI is InChI=1S/C13H16ClN3O/c1-9-12(8-16(2)3)17(18)13(15-9)10-4-6-11(14)7-5-10/h4-7,18H,8H2,1-3H3. The third-order valence-electron chi connectivity index (χ3n) is 2.72. The summed E-state index contributed by atoms with van der Waals surface area (Å²) in [7, 11) is 3.91. The van der Waals surface area contributed by atoms with E-state index in [0.29, 0.717) is 17.4 Å². The molecule has 0 saturated carbocycles. The van der Waals surface area contributed by atoms with Crippen LogP contribution in [-0.2, 0) is 6.54 Å². The Labute approximate surface area is 111 Å². The second-order valence-electron chi connectivity index (χ2n) is 4.52. The van der Waals surface area contributed by atoms with Crippen molar-refractivity contribution in [3.05, 3.63) is 40.7 Å². The van der Waals surface area contributed by atoms with Crippen LogP contribution in [0.5, 0.6) is 0 Å². The summed E-state index contributed by atoms with van der Waals surface area (Å²) < 4.78 is 1.15. The first kappa shape index (κ1) is 12.9. The average molecular weight is 266 g/mol. The highest BCUT2D eigenvalue weighted by Crippen LogP contribution is 2.23. The van der Waals surface area contributed by atoms with Crippen molar-refractivity contribution in [2.75, 3.05) is 14.1 Å². The van der Waals surface area contributed by atoms with Gasteiger partial charge in [-0.15, -0.1) is 0 Å². The summed E-state index contributed by atoms with van der Waals surface area (Å²) in [5.74, 6) is 0.543. The highest BCUT2D eigenvalue weighted by Gasteiger charge is 2.15. The SMILES string of the molecule is Cc1nc(-c2ccc(Cl)cc2)n(O)c1CN(C)C. The van der Waals surface area contributed by atoms with E-state index >= 15 is 0 Å². The number of nitrogens with zero attached hydrogens (tertiary/aromatic N) is 3. The van der Waals surface area contributed by atoms with Crippen LogP contribution in [0.25, 0.3) is 11.4 Å². The molecule has 18 heavy (non-hydrogen) atoms. The molecule has 96 valence electrons. The highest BCUT2D eigenvalue weighted by molar-refractivity contribution is 6.30. The van der Waals surface area contributed by atoms with Crippen LogP contribution >= 0.6 is 11.6 Å². The fourth-order valence-electron chi connectivity index (χ4n) is 1.82. The van der Waals surface area contributed by atoms with Gasteiger partial charge in [0.05, 0.1) is 11.4 Å². The van der Waals surface area contributed by atoms with Crippen molar-refractivity contribution >= 4 is 11.6 Å². The number of hydrogen-bond donors (Lipinski definition) is 1. The first-order chi connectivity index (χ1) is 8.49. The van der Waals surface area contributed by atoms with E-state index < -0.39 is 0 Å². The van der Waals surface area contributed by atoms with Crippen LogP contribution in [0, 0.1) is 6.92 Å². The molecule has 0 radical (unpaired) electrons. The number of aromatic nitrogens is 2. The van der Waals surface area contributed by atoms with E-state index in [4.69, 9.17) is 11.6 Å². The van der Waals surface area contributed by atoms with Gasteiger partial charge in [0.1, 0.15) is 0 Å². The van der Waals surface area contributed by atoms with Gasteiger partial charge in [-0.1, -0.05) is 11.6 Å². The molecule has 0 atom stereocenters. The minimum atomic E-state index is 0.543. The molecule has 4 nitrogen and oxygen atoms in total. The predicted octanol–water partition coefficient (Wildman–Crippen LogP) is 2.81. The van der Waals surface area contributed by atoms with Crippen LogP contribution in [0.15, 0.2) is 24.3 Å². The molecule has 0 aliphatic heterocycles. The normalized spacial score (nSPS) is 11.2. The molecule has 2 aromatic rings. The molecule has 0 aliphatic carbocycles. The number of benzene rings is 1. The Morgan fingerprint density at radius 2 is 1.89 bits per heavy atom. The van der Waals surface area contributed by atoms with E-state index in [2.05, 4.69) is 4.98 Å². The third kappa shape index (κ3) is 2.49. The first-order valence-corrected chi connectivity index (χ1v) is 6.05. The monoisotopic (exact) mass is 265 g/mol. The Morgan fingerprint density at radius 1 is 1.28 bits per heavy atom. The van der Waals surface area contributed by atoms with Crippen molar-refractivity contribution in [2.24, 2.45) is 0 Å². The number of aryl methyl sites for hydroxylation is 1. The van der Waals surface area contributed by atoms with Gasteiger partial charge in [-0.2, -0.15) is 4.73 Å².